The molecule has 0 radical (unpaired) electrons. The van der Waals surface area contributed by atoms with Gasteiger partial charge in [0, 0.05) is 25.1 Å². The van der Waals surface area contributed by atoms with Crippen molar-refractivity contribution in [3.8, 4) is 11.4 Å². The van der Waals surface area contributed by atoms with Gasteiger partial charge in [-0.15, -0.1) is 5.10 Å². The smallest absolute Gasteiger partial charge is 0.240 e. The number of aromatic nitrogens is 5. The molecule has 0 fully saturated rings. The van der Waals surface area contributed by atoms with E-state index in [4.69, 9.17) is 4.52 Å². The molecule has 0 aliphatic heterocycles. The van der Waals surface area contributed by atoms with Crippen LogP contribution in [0.4, 0.5) is 0 Å². The summed E-state index contributed by atoms with van der Waals surface area (Å²) in [5.74, 6) is 0.782. The third-order valence-corrected chi connectivity index (χ3v) is 6.11. The number of aryl methyl sites for hydroxylation is 2. The van der Waals surface area contributed by atoms with Crippen molar-refractivity contribution in [2.24, 2.45) is 0 Å². The molecule has 0 aliphatic rings. The zero-order valence-electron chi connectivity index (χ0n) is 16.7. The topological polar surface area (TPSA) is 116 Å². The van der Waals surface area contributed by atoms with Crippen LogP contribution in [0.5, 0.6) is 0 Å². The molecule has 2 heterocycles. The van der Waals surface area contributed by atoms with Crippen molar-refractivity contribution >= 4 is 21.1 Å². The lowest BCUT2D eigenvalue weighted by molar-refractivity contribution is 0.379. The minimum Gasteiger partial charge on any atom is -0.339 e. The Morgan fingerprint density at radius 1 is 1.13 bits per heavy atom. The van der Waals surface area contributed by atoms with Crippen LogP contribution in [-0.4, -0.2) is 40.1 Å². The van der Waals surface area contributed by atoms with E-state index in [0.717, 1.165) is 35.1 Å². The normalized spacial score (nSPS) is 11.9. The van der Waals surface area contributed by atoms with Gasteiger partial charge in [-0.3, -0.25) is 0 Å². The SMILES string of the molecule is CCCn1nnc2cc(-c3noc(CCNS(=O)(=O)c4ccc(C)cc4)n3)ccc21. The van der Waals surface area contributed by atoms with E-state index in [1.54, 1.807) is 24.3 Å². The molecule has 30 heavy (non-hydrogen) atoms. The monoisotopic (exact) mass is 426 g/mol. The molecular formula is C20H22N6O3S. The number of hydrogen-bond donors (Lipinski definition) is 1. The summed E-state index contributed by atoms with van der Waals surface area (Å²) in [6.45, 7) is 4.95. The van der Waals surface area contributed by atoms with Crippen molar-refractivity contribution in [1.29, 1.82) is 0 Å². The van der Waals surface area contributed by atoms with Gasteiger partial charge in [-0.25, -0.2) is 17.8 Å². The first-order valence-electron chi connectivity index (χ1n) is 9.69. The second-order valence-corrected chi connectivity index (χ2v) is 8.76. The molecule has 10 heteroatoms. The zero-order chi connectivity index (χ0) is 21.1. The highest BCUT2D eigenvalue weighted by molar-refractivity contribution is 7.89. The lowest BCUT2D eigenvalue weighted by Gasteiger charge is -2.05. The summed E-state index contributed by atoms with van der Waals surface area (Å²) >= 11 is 0. The molecular weight excluding hydrogens is 404 g/mol. The number of sulfonamides is 1. The summed E-state index contributed by atoms with van der Waals surface area (Å²) < 4.78 is 34.4. The molecule has 2 aromatic heterocycles. The number of rotatable bonds is 8. The highest BCUT2D eigenvalue weighted by atomic mass is 32.2. The van der Waals surface area contributed by atoms with Gasteiger partial charge in [-0.1, -0.05) is 35.0 Å². The zero-order valence-corrected chi connectivity index (χ0v) is 17.6. The third kappa shape index (κ3) is 4.24. The summed E-state index contributed by atoms with van der Waals surface area (Å²) in [5.41, 5.74) is 3.48. The average molecular weight is 427 g/mol. The van der Waals surface area contributed by atoms with Crippen LogP contribution in [0.1, 0.15) is 24.8 Å². The molecule has 0 aliphatic carbocycles. The third-order valence-electron chi connectivity index (χ3n) is 4.64. The lowest BCUT2D eigenvalue weighted by Crippen LogP contribution is -2.26. The van der Waals surface area contributed by atoms with Gasteiger partial charge in [0.05, 0.1) is 10.4 Å². The number of fused-ring (bicyclic) bond motifs is 1. The molecule has 2 aromatic carbocycles. The van der Waals surface area contributed by atoms with Crippen LogP contribution in [0.3, 0.4) is 0 Å². The number of nitrogens with one attached hydrogen (secondary N) is 1. The molecule has 0 saturated carbocycles. The van der Waals surface area contributed by atoms with E-state index in [-0.39, 0.29) is 17.9 Å². The van der Waals surface area contributed by atoms with Gasteiger partial charge >= 0.3 is 0 Å². The van der Waals surface area contributed by atoms with E-state index in [9.17, 15) is 8.42 Å². The van der Waals surface area contributed by atoms with E-state index < -0.39 is 10.0 Å². The van der Waals surface area contributed by atoms with Crippen molar-refractivity contribution in [3.63, 3.8) is 0 Å². The standard InChI is InChI=1S/C20H22N6O3S/c1-3-12-26-18-9-6-15(13-17(18)23-25-26)20-22-19(29-24-20)10-11-21-30(27,28)16-7-4-14(2)5-8-16/h4-9,13,21H,3,10-12H2,1-2H3. The molecule has 9 nitrogen and oxygen atoms in total. The maximum absolute atomic E-state index is 12.3. The Kier molecular flexibility index (Phi) is 5.60. The van der Waals surface area contributed by atoms with E-state index in [0.29, 0.717) is 11.7 Å². The minimum atomic E-state index is -3.58. The van der Waals surface area contributed by atoms with Crippen LogP contribution in [0, 0.1) is 6.92 Å². The van der Waals surface area contributed by atoms with Crippen molar-refractivity contribution in [2.75, 3.05) is 6.54 Å². The Bertz CT molecular complexity index is 1260. The predicted molar refractivity (Wildman–Crippen MR) is 111 cm³/mol. The van der Waals surface area contributed by atoms with Crippen LogP contribution >= 0.6 is 0 Å². The van der Waals surface area contributed by atoms with E-state index >= 15 is 0 Å². The van der Waals surface area contributed by atoms with Crippen molar-refractivity contribution in [2.45, 2.75) is 38.1 Å². The van der Waals surface area contributed by atoms with Crippen LogP contribution < -0.4 is 4.72 Å². The fraction of sp³-hybridized carbons (Fsp3) is 0.300. The highest BCUT2D eigenvalue weighted by Gasteiger charge is 2.15. The van der Waals surface area contributed by atoms with Gasteiger partial charge in [-0.2, -0.15) is 4.98 Å². The maximum atomic E-state index is 12.3. The summed E-state index contributed by atoms with van der Waals surface area (Å²) in [4.78, 5) is 4.59. The van der Waals surface area contributed by atoms with Gasteiger partial charge in [0.15, 0.2) is 0 Å². The molecule has 0 atom stereocenters. The van der Waals surface area contributed by atoms with Crippen LogP contribution in [0.25, 0.3) is 22.4 Å². The summed E-state index contributed by atoms with van der Waals surface area (Å²) in [5, 5.41) is 12.3. The quantitative estimate of drug-likeness (QED) is 0.460. The first-order chi connectivity index (χ1) is 14.5. The Balaban J connectivity index is 1.42. The summed E-state index contributed by atoms with van der Waals surface area (Å²) in [6.07, 6.45) is 1.26. The van der Waals surface area contributed by atoms with Crippen molar-refractivity contribution in [1.82, 2.24) is 29.9 Å². The Morgan fingerprint density at radius 2 is 1.93 bits per heavy atom. The van der Waals surface area contributed by atoms with E-state index in [1.807, 2.05) is 29.8 Å². The molecule has 0 amide bonds. The van der Waals surface area contributed by atoms with Crippen molar-refractivity contribution in [3.05, 3.63) is 53.9 Å². The molecule has 0 saturated heterocycles. The molecule has 4 rings (SSSR count). The van der Waals surface area contributed by atoms with Gasteiger partial charge in [0.25, 0.3) is 0 Å². The number of nitrogens with zero attached hydrogens (tertiary/aromatic N) is 5. The second-order valence-electron chi connectivity index (χ2n) is 6.99. The van der Waals surface area contributed by atoms with E-state index in [2.05, 4.69) is 32.1 Å². The Labute approximate surface area is 174 Å². The molecule has 0 spiro atoms. The van der Waals surface area contributed by atoms with E-state index in [1.165, 1.54) is 0 Å². The van der Waals surface area contributed by atoms with Gasteiger partial charge in [0.2, 0.25) is 21.7 Å². The van der Waals surface area contributed by atoms with Crippen LogP contribution in [0.2, 0.25) is 0 Å². The molecule has 1 N–H and O–H groups in total. The second kappa shape index (κ2) is 8.33. The maximum Gasteiger partial charge on any atom is 0.240 e. The number of benzene rings is 2. The van der Waals surface area contributed by atoms with Gasteiger partial charge in [-0.05, 0) is 43.7 Å². The lowest BCUT2D eigenvalue weighted by atomic mass is 10.2. The fourth-order valence-electron chi connectivity index (χ4n) is 3.05. The predicted octanol–water partition coefficient (Wildman–Crippen LogP) is 2.72. The molecule has 0 unspecified atom stereocenters. The fourth-order valence-corrected chi connectivity index (χ4v) is 4.09. The first kappa shape index (κ1) is 20.2. The number of hydrogen-bond acceptors (Lipinski definition) is 7. The summed E-state index contributed by atoms with van der Waals surface area (Å²) in [7, 11) is -3.58. The average Bonchev–Trinajstić information content (AvgIpc) is 3.35. The Hall–Kier alpha value is -3.11. The van der Waals surface area contributed by atoms with Gasteiger partial charge < -0.3 is 4.52 Å². The molecule has 156 valence electrons. The largest absolute Gasteiger partial charge is 0.339 e. The molecule has 4 aromatic rings. The Morgan fingerprint density at radius 3 is 2.70 bits per heavy atom. The van der Waals surface area contributed by atoms with Crippen LogP contribution in [0.15, 0.2) is 51.9 Å². The minimum absolute atomic E-state index is 0.155. The van der Waals surface area contributed by atoms with Crippen molar-refractivity contribution < 1.29 is 12.9 Å². The van der Waals surface area contributed by atoms with Crippen LogP contribution in [-0.2, 0) is 23.0 Å². The first-order valence-corrected chi connectivity index (χ1v) is 11.2. The van der Waals surface area contributed by atoms with Gasteiger partial charge in [0.1, 0.15) is 5.52 Å². The summed E-state index contributed by atoms with van der Waals surface area (Å²) in [6, 6.07) is 12.4. The molecule has 0 bridgehead atoms. The highest BCUT2D eigenvalue weighted by Crippen LogP contribution is 2.21.